The fourth-order valence-corrected chi connectivity index (χ4v) is 3.34. The molecule has 3 N–H and O–H groups in total. The van der Waals surface area contributed by atoms with Crippen molar-refractivity contribution in [1.82, 2.24) is 16.2 Å². The molecule has 6 heteroatoms. The molecule has 1 fully saturated rings. The molecule has 2 aromatic rings. The summed E-state index contributed by atoms with van der Waals surface area (Å²) in [6.45, 7) is 4.11. The van der Waals surface area contributed by atoms with E-state index in [2.05, 4.69) is 28.0 Å². The van der Waals surface area contributed by atoms with Gasteiger partial charge in [0.2, 0.25) is 0 Å². The predicted molar refractivity (Wildman–Crippen MR) is 104 cm³/mol. The lowest BCUT2D eigenvalue weighted by molar-refractivity contribution is 0.0920. The fourth-order valence-electron chi connectivity index (χ4n) is 2.91. The maximum Gasteiger partial charge on any atom is 0.265 e. The highest BCUT2D eigenvalue weighted by atomic mass is 32.1. The molecule has 130 valence electrons. The molecular weight excluding hydrogens is 332 g/mol. The summed E-state index contributed by atoms with van der Waals surface area (Å²) < 4.78 is 0. The fraction of sp³-hybridized carbons (Fsp3) is 0.263. The first-order valence-electron chi connectivity index (χ1n) is 8.32. The number of nitrogens with one attached hydrogen (secondary N) is 3. The molecule has 2 unspecified atom stereocenters. The SMILES string of the molecule is Cc1ccc(C(=O)NNC2CC(C)N(c3ccccc3)C(=S)N2)cc1. The van der Waals surface area contributed by atoms with Crippen LogP contribution in [0, 0.1) is 6.92 Å². The number of carbonyl (C=O) groups excluding carboxylic acids is 1. The molecule has 1 amide bonds. The highest BCUT2D eigenvalue weighted by molar-refractivity contribution is 7.80. The second-order valence-electron chi connectivity index (χ2n) is 6.26. The Labute approximate surface area is 153 Å². The number of aryl methyl sites for hydroxylation is 1. The van der Waals surface area contributed by atoms with E-state index >= 15 is 0 Å². The summed E-state index contributed by atoms with van der Waals surface area (Å²) in [6, 6.07) is 17.7. The number of nitrogens with zero attached hydrogens (tertiary/aromatic N) is 1. The van der Waals surface area contributed by atoms with Gasteiger partial charge >= 0.3 is 0 Å². The van der Waals surface area contributed by atoms with Gasteiger partial charge in [0.25, 0.3) is 5.91 Å². The monoisotopic (exact) mass is 354 g/mol. The summed E-state index contributed by atoms with van der Waals surface area (Å²) in [7, 11) is 0. The zero-order chi connectivity index (χ0) is 17.8. The van der Waals surface area contributed by atoms with Crippen LogP contribution in [0.1, 0.15) is 29.3 Å². The van der Waals surface area contributed by atoms with Crippen LogP contribution < -0.4 is 21.1 Å². The van der Waals surface area contributed by atoms with Gasteiger partial charge in [0, 0.05) is 23.7 Å². The average Bonchev–Trinajstić information content (AvgIpc) is 2.61. The Hall–Kier alpha value is -2.44. The van der Waals surface area contributed by atoms with Gasteiger partial charge in [-0.1, -0.05) is 35.9 Å². The molecular formula is C19H22N4OS. The normalized spacial score (nSPS) is 20.1. The first kappa shape index (κ1) is 17.4. The van der Waals surface area contributed by atoms with Crippen LogP contribution in [0.5, 0.6) is 0 Å². The molecule has 0 radical (unpaired) electrons. The molecule has 1 aliphatic rings. The van der Waals surface area contributed by atoms with Crippen molar-refractivity contribution < 1.29 is 4.79 Å². The van der Waals surface area contributed by atoms with Crippen LogP contribution >= 0.6 is 12.2 Å². The lowest BCUT2D eigenvalue weighted by Crippen LogP contribution is -2.63. The van der Waals surface area contributed by atoms with E-state index in [1.807, 2.05) is 61.5 Å². The van der Waals surface area contributed by atoms with E-state index in [9.17, 15) is 4.79 Å². The van der Waals surface area contributed by atoms with E-state index in [1.54, 1.807) is 0 Å². The molecule has 25 heavy (non-hydrogen) atoms. The molecule has 0 aromatic heterocycles. The van der Waals surface area contributed by atoms with Crippen molar-refractivity contribution in [2.45, 2.75) is 32.5 Å². The number of hydrogen-bond donors (Lipinski definition) is 3. The first-order valence-corrected chi connectivity index (χ1v) is 8.73. The Morgan fingerprint density at radius 2 is 1.84 bits per heavy atom. The maximum atomic E-state index is 12.2. The number of carbonyl (C=O) groups is 1. The van der Waals surface area contributed by atoms with E-state index in [-0.39, 0.29) is 18.1 Å². The van der Waals surface area contributed by atoms with Crippen LogP contribution in [-0.2, 0) is 0 Å². The topological polar surface area (TPSA) is 56.4 Å². The smallest absolute Gasteiger partial charge is 0.265 e. The van der Waals surface area contributed by atoms with Gasteiger partial charge in [-0.25, -0.2) is 5.43 Å². The first-order chi connectivity index (χ1) is 12.0. The van der Waals surface area contributed by atoms with Crippen LogP contribution in [0.2, 0.25) is 0 Å². The van der Waals surface area contributed by atoms with Crippen molar-refractivity contribution in [3.63, 3.8) is 0 Å². The maximum absolute atomic E-state index is 12.2. The van der Waals surface area contributed by atoms with E-state index in [0.29, 0.717) is 10.7 Å². The average molecular weight is 354 g/mol. The number of para-hydroxylation sites is 1. The molecule has 1 aliphatic heterocycles. The Kier molecular flexibility index (Phi) is 5.31. The third kappa shape index (κ3) is 4.15. The third-order valence-corrected chi connectivity index (χ3v) is 4.56. The van der Waals surface area contributed by atoms with Gasteiger partial charge in [0.15, 0.2) is 5.11 Å². The van der Waals surface area contributed by atoms with Gasteiger partial charge in [0.1, 0.15) is 0 Å². The van der Waals surface area contributed by atoms with Crippen molar-refractivity contribution in [3.05, 3.63) is 65.7 Å². The molecule has 5 nitrogen and oxygen atoms in total. The molecule has 0 spiro atoms. The highest BCUT2D eigenvalue weighted by Crippen LogP contribution is 2.22. The Morgan fingerprint density at radius 1 is 1.16 bits per heavy atom. The van der Waals surface area contributed by atoms with Crippen molar-refractivity contribution in [1.29, 1.82) is 0 Å². The summed E-state index contributed by atoms with van der Waals surface area (Å²) in [4.78, 5) is 14.3. The number of rotatable bonds is 4. The molecule has 1 heterocycles. The standard InChI is InChI=1S/C19H22N4OS/c1-13-8-10-15(11-9-13)18(24)22-21-17-12-14(2)23(19(25)20-17)16-6-4-3-5-7-16/h3-11,14,17,21H,12H2,1-2H3,(H,20,25)(H,22,24). The quantitative estimate of drug-likeness (QED) is 0.582. The van der Waals surface area contributed by atoms with Crippen LogP contribution in [0.15, 0.2) is 54.6 Å². The number of thiocarbonyl (C=S) groups is 1. The van der Waals surface area contributed by atoms with Gasteiger partial charge in [0.05, 0.1) is 6.17 Å². The molecule has 2 aromatic carbocycles. The number of hydrazine groups is 1. The zero-order valence-corrected chi connectivity index (χ0v) is 15.1. The van der Waals surface area contributed by atoms with Crippen molar-refractivity contribution in [2.75, 3.05) is 4.90 Å². The minimum Gasteiger partial charge on any atom is -0.345 e. The summed E-state index contributed by atoms with van der Waals surface area (Å²) in [5.74, 6) is -0.161. The van der Waals surface area contributed by atoms with Crippen molar-refractivity contribution >= 4 is 28.9 Å². The lowest BCUT2D eigenvalue weighted by atomic mass is 10.1. The minimum absolute atomic E-state index is 0.114. The van der Waals surface area contributed by atoms with E-state index in [4.69, 9.17) is 12.2 Å². The molecule has 0 bridgehead atoms. The molecule has 2 atom stereocenters. The Balaban J connectivity index is 1.58. The molecule has 3 rings (SSSR count). The summed E-state index contributed by atoms with van der Waals surface area (Å²) >= 11 is 5.51. The van der Waals surface area contributed by atoms with E-state index in [1.165, 1.54) is 0 Å². The second-order valence-corrected chi connectivity index (χ2v) is 6.64. The van der Waals surface area contributed by atoms with Crippen LogP contribution in [-0.4, -0.2) is 23.2 Å². The lowest BCUT2D eigenvalue weighted by Gasteiger charge is -2.40. The summed E-state index contributed by atoms with van der Waals surface area (Å²) in [5.41, 5.74) is 8.61. The second kappa shape index (κ2) is 7.63. The number of amides is 1. The Bertz CT molecular complexity index is 748. The van der Waals surface area contributed by atoms with Gasteiger partial charge in [-0.05, 0) is 50.3 Å². The summed E-state index contributed by atoms with van der Waals surface area (Å²) in [5, 5.41) is 3.89. The van der Waals surface area contributed by atoms with Gasteiger partial charge in [-0.3, -0.25) is 10.2 Å². The van der Waals surface area contributed by atoms with Crippen molar-refractivity contribution in [3.8, 4) is 0 Å². The van der Waals surface area contributed by atoms with E-state index in [0.717, 1.165) is 17.7 Å². The van der Waals surface area contributed by atoms with Gasteiger partial charge in [-0.2, -0.15) is 0 Å². The summed E-state index contributed by atoms with van der Waals surface area (Å²) in [6.07, 6.45) is 0.681. The van der Waals surface area contributed by atoms with Crippen molar-refractivity contribution in [2.24, 2.45) is 0 Å². The predicted octanol–water partition coefficient (Wildman–Crippen LogP) is 2.73. The van der Waals surface area contributed by atoms with Crippen LogP contribution in [0.4, 0.5) is 5.69 Å². The van der Waals surface area contributed by atoms with E-state index < -0.39 is 0 Å². The molecule has 1 saturated heterocycles. The number of benzene rings is 2. The largest absolute Gasteiger partial charge is 0.345 e. The molecule has 0 saturated carbocycles. The van der Waals surface area contributed by atoms with Gasteiger partial charge < -0.3 is 10.2 Å². The highest BCUT2D eigenvalue weighted by Gasteiger charge is 2.29. The number of hydrogen-bond acceptors (Lipinski definition) is 3. The zero-order valence-electron chi connectivity index (χ0n) is 14.3. The Morgan fingerprint density at radius 3 is 2.48 bits per heavy atom. The van der Waals surface area contributed by atoms with Gasteiger partial charge in [-0.15, -0.1) is 0 Å². The number of anilines is 1. The third-order valence-electron chi connectivity index (χ3n) is 4.24. The van der Waals surface area contributed by atoms with Crippen LogP contribution in [0.25, 0.3) is 0 Å². The molecule has 0 aliphatic carbocycles. The minimum atomic E-state index is -0.161. The van der Waals surface area contributed by atoms with Crippen LogP contribution in [0.3, 0.4) is 0 Å².